The van der Waals surface area contributed by atoms with Crippen molar-refractivity contribution in [3.05, 3.63) is 28.8 Å². The van der Waals surface area contributed by atoms with Gasteiger partial charge >= 0.3 is 0 Å². The number of amides is 1. The lowest BCUT2D eigenvalue weighted by molar-refractivity contribution is -0.117. The van der Waals surface area contributed by atoms with Crippen molar-refractivity contribution in [2.45, 2.75) is 6.42 Å². The molecule has 0 aliphatic carbocycles. The molecule has 1 aromatic rings. The van der Waals surface area contributed by atoms with E-state index in [0.29, 0.717) is 25.3 Å². The van der Waals surface area contributed by atoms with Gasteiger partial charge in [-0.05, 0) is 30.6 Å². The normalized spacial score (nSPS) is 22.3. The zero-order valence-electron chi connectivity index (χ0n) is 13.3. The van der Waals surface area contributed by atoms with Gasteiger partial charge in [-0.15, -0.1) is 0 Å². The highest BCUT2D eigenvalue weighted by Gasteiger charge is 2.30. The van der Waals surface area contributed by atoms with Crippen molar-refractivity contribution in [1.29, 1.82) is 0 Å². The first-order chi connectivity index (χ1) is 11.2. The zero-order valence-corrected chi connectivity index (χ0v) is 13.3. The molecule has 3 heterocycles. The summed E-state index contributed by atoms with van der Waals surface area (Å²) in [5.41, 5.74) is 9.48. The zero-order chi connectivity index (χ0) is 16.2. The Kier molecular flexibility index (Phi) is 4.64. The molecule has 2 fully saturated rings. The number of likely N-dealkylation sites (N-methyl/N-ethyl adjacent to an activating group) is 1. The summed E-state index contributed by atoms with van der Waals surface area (Å²) in [7, 11) is 2.13. The molecule has 1 unspecified atom stereocenters. The van der Waals surface area contributed by atoms with E-state index in [1.807, 2.05) is 18.3 Å². The molecule has 0 N–H and O–H groups in total. The van der Waals surface area contributed by atoms with Crippen LogP contribution in [0.1, 0.15) is 6.42 Å². The van der Waals surface area contributed by atoms with Crippen LogP contribution in [0.15, 0.2) is 23.4 Å². The van der Waals surface area contributed by atoms with Gasteiger partial charge in [0.1, 0.15) is 5.82 Å². The Morgan fingerprint density at radius 1 is 1.35 bits per heavy atom. The molecule has 0 bridgehead atoms. The fourth-order valence-corrected chi connectivity index (χ4v) is 3.07. The largest absolute Gasteiger partial charge is 0.368 e. The Bertz CT molecular complexity index is 603. The van der Waals surface area contributed by atoms with Crippen LogP contribution in [-0.2, 0) is 4.79 Å². The van der Waals surface area contributed by atoms with Crippen LogP contribution in [-0.4, -0.2) is 62.1 Å². The predicted octanol–water partition coefficient (Wildman–Crippen LogP) is 1.50. The number of rotatable bonds is 4. The van der Waals surface area contributed by atoms with Gasteiger partial charge in [-0.3, -0.25) is 9.69 Å². The minimum absolute atomic E-state index is 0.0444. The maximum atomic E-state index is 12.1. The Morgan fingerprint density at radius 2 is 2.13 bits per heavy atom. The monoisotopic (exact) mass is 315 g/mol. The van der Waals surface area contributed by atoms with E-state index in [0.717, 1.165) is 31.9 Å². The lowest BCUT2D eigenvalue weighted by Crippen LogP contribution is -2.44. The number of azide groups is 1. The van der Waals surface area contributed by atoms with Crippen molar-refractivity contribution in [2.24, 2.45) is 11.0 Å². The van der Waals surface area contributed by atoms with Crippen molar-refractivity contribution >= 4 is 17.4 Å². The van der Waals surface area contributed by atoms with Crippen LogP contribution in [0.25, 0.3) is 10.4 Å². The number of hydrogen-bond donors (Lipinski definition) is 0. The third-order valence-corrected chi connectivity index (χ3v) is 4.49. The number of piperazine rings is 1. The van der Waals surface area contributed by atoms with Crippen LogP contribution in [0.2, 0.25) is 0 Å². The summed E-state index contributed by atoms with van der Waals surface area (Å²) in [6.45, 7) is 5.01. The number of carbonyl (C=O) groups is 1. The summed E-state index contributed by atoms with van der Waals surface area (Å²) in [6, 6.07) is 3.93. The molecule has 0 spiro atoms. The van der Waals surface area contributed by atoms with Crippen LogP contribution in [0.5, 0.6) is 0 Å². The Hall–Kier alpha value is -2.31. The molecule has 122 valence electrons. The molecule has 8 heteroatoms. The first kappa shape index (κ1) is 15.6. The molecule has 3 rings (SSSR count). The van der Waals surface area contributed by atoms with Crippen LogP contribution in [0, 0.1) is 5.92 Å². The van der Waals surface area contributed by atoms with Gasteiger partial charge in [-0.1, -0.05) is 5.11 Å². The molecular formula is C15H21N7O. The summed E-state index contributed by atoms with van der Waals surface area (Å²) in [5, 5.41) is 3.57. The molecule has 8 nitrogen and oxygen atoms in total. The van der Waals surface area contributed by atoms with Gasteiger partial charge in [0.05, 0.1) is 11.9 Å². The molecule has 2 aliphatic heterocycles. The lowest BCUT2D eigenvalue weighted by atomic mass is 10.1. The third kappa shape index (κ3) is 3.55. The highest BCUT2D eigenvalue weighted by molar-refractivity contribution is 5.94. The van der Waals surface area contributed by atoms with Gasteiger partial charge in [0.2, 0.25) is 5.91 Å². The lowest BCUT2D eigenvalue weighted by Gasteiger charge is -2.33. The second-order valence-corrected chi connectivity index (χ2v) is 6.15. The van der Waals surface area contributed by atoms with Gasteiger partial charge < -0.3 is 9.80 Å². The van der Waals surface area contributed by atoms with Crippen LogP contribution in [0.4, 0.5) is 11.5 Å². The van der Waals surface area contributed by atoms with Gasteiger partial charge in [0, 0.05) is 50.6 Å². The maximum absolute atomic E-state index is 12.1. The summed E-state index contributed by atoms with van der Waals surface area (Å²) in [5.74, 6) is 0.803. The molecular weight excluding hydrogens is 294 g/mol. The smallest absolute Gasteiger partial charge is 0.228 e. The van der Waals surface area contributed by atoms with E-state index >= 15 is 0 Å². The van der Waals surface area contributed by atoms with Gasteiger partial charge in [0.25, 0.3) is 0 Å². The van der Waals surface area contributed by atoms with E-state index in [-0.39, 0.29) is 11.8 Å². The van der Waals surface area contributed by atoms with Gasteiger partial charge in [0.15, 0.2) is 0 Å². The topological polar surface area (TPSA) is 88.4 Å². The Balaban J connectivity index is 1.65. The SMILES string of the molecule is CN1CCN(c2ccc(N3CC(CN=[N+]=[N-])CC3=O)nc2)CC1. The van der Waals surface area contributed by atoms with Gasteiger partial charge in [-0.2, -0.15) is 0 Å². The van der Waals surface area contributed by atoms with Crippen molar-refractivity contribution in [1.82, 2.24) is 9.88 Å². The maximum Gasteiger partial charge on any atom is 0.228 e. The molecule has 0 aromatic carbocycles. The first-order valence-electron chi connectivity index (χ1n) is 7.88. The minimum Gasteiger partial charge on any atom is -0.368 e. The van der Waals surface area contributed by atoms with Crippen molar-refractivity contribution < 1.29 is 4.79 Å². The summed E-state index contributed by atoms with van der Waals surface area (Å²) >= 11 is 0. The molecule has 2 aliphatic rings. The average Bonchev–Trinajstić information content (AvgIpc) is 2.95. The molecule has 1 atom stereocenters. The average molecular weight is 315 g/mol. The molecule has 0 radical (unpaired) electrons. The molecule has 23 heavy (non-hydrogen) atoms. The summed E-state index contributed by atoms with van der Waals surface area (Å²) in [4.78, 5) is 25.6. The fourth-order valence-electron chi connectivity index (χ4n) is 3.07. The third-order valence-electron chi connectivity index (χ3n) is 4.49. The van der Waals surface area contributed by atoms with E-state index in [2.05, 4.69) is 31.9 Å². The van der Waals surface area contributed by atoms with Crippen molar-refractivity contribution in [3.8, 4) is 0 Å². The molecule has 0 saturated carbocycles. The predicted molar refractivity (Wildman–Crippen MR) is 88.4 cm³/mol. The standard InChI is InChI=1S/C15H21N7O/c1-20-4-6-21(7-5-20)13-2-3-14(17-10-13)22-11-12(8-15(22)23)9-18-19-16/h2-3,10,12H,4-9,11H2,1H3. The Morgan fingerprint density at radius 3 is 2.78 bits per heavy atom. The number of pyridine rings is 1. The van der Waals surface area contributed by atoms with E-state index in [1.165, 1.54) is 0 Å². The second kappa shape index (κ2) is 6.85. The van der Waals surface area contributed by atoms with Crippen molar-refractivity contribution in [3.63, 3.8) is 0 Å². The number of hydrogen-bond acceptors (Lipinski definition) is 5. The number of anilines is 2. The second-order valence-electron chi connectivity index (χ2n) is 6.15. The van der Waals surface area contributed by atoms with E-state index in [9.17, 15) is 4.79 Å². The van der Waals surface area contributed by atoms with Gasteiger partial charge in [-0.25, -0.2) is 4.98 Å². The molecule has 1 aromatic heterocycles. The molecule has 2 saturated heterocycles. The van der Waals surface area contributed by atoms with Crippen LogP contribution < -0.4 is 9.80 Å². The van der Waals surface area contributed by atoms with E-state index in [1.54, 1.807) is 4.90 Å². The fraction of sp³-hybridized carbons (Fsp3) is 0.600. The number of aromatic nitrogens is 1. The Labute approximate surface area is 135 Å². The number of carbonyl (C=O) groups excluding carboxylic acids is 1. The minimum atomic E-state index is 0.0444. The van der Waals surface area contributed by atoms with E-state index in [4.69, 9.17) is 5.53 Å². The highest BCUT2D eigenvalue weighted by atomic mass is 16.2. The number of nitrogens with zero attached hydrogens (tertiary/aromatic N) is 7. The molecule has 1 amide bonds. The van der Waals surface area contributed by atoms with Crippen molar-refractivity contribution in [2.75, 3.05) is 56.1 Å². The van der Waals surface area contributed by atoms with Crippen LogP contribution in [0.3, 0.4) is 0 Å². The quantitative estimate of drug-likeness (QED) is 0.478. The van der Waals surface area contributed by atoms with E-state index < -0.39 is 0 Å². The first-order valence-corrected chi connectivity index (χ1v) is 7.88. The summed E-state index contributed by atoms with van der Waals surface area (Å²) < 4.78 is 0. The van der Waals surface area contributed by atoms with Crippen LogP contribution >= 0.6 is 0 Å². The highest BCUT2D eigenvalue weighted by Crippen LogP contribution is 2.25. The summed E-state index contributed by atoms with van der Waals surface area (Å²) in [6.07, 6.45) is 2.26.